The summed E-state index contributed by atoms with van der Waals surface area (Å²) in [5, 5.41) is 2.95. The van der Waals surface area contributed by atoms with Gasteiger partial charge in [0.2, 0.25) is 11.8 Å². The summed E-state index contributed by atoms with van der Waals surface area (Å²) >= 11 is 5.63. The Kier molecular flexibility index (Phi) is 5.24. The Balaban J connectivity index is 1.70. The number of halogens is 2. The molecular weight excluding hydrogens is 483 g/mol. The van der Waals surface area contributed by atoms with Crippen molar-refractivity contribution in [3.8, 4) is 0 Å². The van der Waals surface area contributed by atoms with Gasteiger partial charge in [0.05, 0.1) is 5.92 Å². The number of rotatable bonds is 3. The molecule has 1 fully saturated rings. The van der Waals surface area contributed by atoms with Gasteiger partial charge in [-0.25, -0.2) is 0 Å². The number of amides is 2. The molecule has 1 aliphatic heterocycles. The molecular formula is C18H16BrIN2O2. The first-order valence-electron chi connectivity index (χ1n) is 7.57. The molecule has 0 spiro atoms. The van der Waals surface area contributed by atoms with Crippen LogP contribution in [-0.4, -0.2) is 18.4 Å². The third-order valence-electron chi connectivity index (χ3n) is 4.08. The molecule has 2 aromatic carbocycles. The van der Waals surface area contributed by atoms with Gasteiger partial charge in [0.1, 0.15) is 0 Å². The highest BCUT2D eigenvalue weighted by atomic mass is 127. The molecule has 124 valence electrons. The Labute approximate surface area is 162 Å². The molecule has 0 aliphatic carbocycles. The summed E-state index contributed by atoms with van der Waals surface area (Å²) in [7, 11) is 0. The van der Waals surface area contributed by atoms with Crippen molar-refractivity contribution in [3.63, 3.8) is 0 Å². The van der Waals surface area contributed by atoms with Crippen molar-refractivity contribution in [2.24, 2.45) is 5.92 Å². The number of anilines is 2. The zero-order valence-electron chi connectivity index (χ0n) is 13.1. The van der Waals surface area contributed by atoms with Crippen LogP contribution in [0.1, 0.15) is 12.0 Å². The van der Waals surface area contributed by atoms with E-state index in [0.29, 0.717) is 6.54 Å². The quantitative estimate of drug-likeness (QED) is 0.639. The number of aryl methyl sites for hydroxylation is 1. The van der Waals surface area contributed by atoms with Gasteiger partial charge in [-0.3, -0.25) is 9.59 Å². The largest absolute Gasteiger partial charge is 0.326 e. The van der Waals surface area contributed by atoms with E-state index >= 15 is 0 Å². The van der Waals surface area contributed by atoms with Crippen molar-refractivity contribution >= 4 is 61.7 Å². The molecule has 4 nitrogen and oxygen atoms in total. The minimum absolute atomic E-state index is 0.0168. The second-order valence-corrected chi connectivity index (χ2v) is 7.99. The van der Waals surface area contributed by atoms with Gasteiger partial charge in [-0.1, -0.05) is 15.9 Å². The number of hydrogen-bond acceptors (Lipinski definition) is 2. The average molecular weight is 499 g/mol. The molecule has 2 aromatic rings. The molecule has 2 amide bonds. The Bertz CT molecular complexity index is 792. The maximum absolute atomic E-state index is 12.5. The number of benzene rings is 2. The predicted molar refractivity (Wildman–Crippen MR) is 107 cm³/mol. The molecule has 1 saturated heterocycles. The topological polar surface area (TPSA) is 49.4 Å². The molecule has 1 unspecified atom stereocenters. The van der Waals surface area contributed by atoms with Crippen molar-refractivity contribution in [1.82, 2.24) is 0 Å². The van der Waals surface area contributed by atoms with Gasteiger partial charge in [0.15, 0.2) is 0 Å². The molecule has 24 heavy (non-hydrogen) atoms. The van der Waals surface area contributed by atoms with Gasteiger partial charge >= 0.3 is 0 Å². The molecule has 1 heterocycles. The summed E-state index contributed by atoms with van der Waals surface area (Å²) in [6.45, 7) is 2.38. The zero-order valence-corrected chi connectivity index (χ0v) is 16.8. The number of nitrogens with zero attached hydrogens (tertiary/aromatic N) is 1. The fraction of sp³-hybridized carbons (Fsp3) is 0.222. The summed E-state index contributed by atoms with van der Waals surface area (Å²) in [6, 6.07) is 13.4. The van der Waals surface area contributed by atoms with Gasteiger partial charge in [0, 0.05) is 32.4 Å². The molecule has 0 saturated carbocycles. The third-order valence-corrected chi connectivity index (χ3v) is 5.28. The number of carbonyl (C=O) groups excluding carboxylic acids is 2. The van der Waals surface area contributed by atoms with Crippen LogP contribution in [-0.2, 0) is 9.59 Å². The van der Waals surface area contributed by atoms with Crippen molar-refractivity contribution in [2.45, 2.75) is 13.3 Å². The van der Waals surface area contributed by atoms with E-state index in [1.807, 2.05) is 49.4 Å². The summed E-state index contributed by atoms with van der Waals surface area (Å²) in [5.74, 6) is -0.455. The van der Waals surface area contributed by atoms with Gasteiger partial charge in [-0.15, -0.1) is 0 Å². The highest BCUT2D eigenvalue weighted by Gasteiger charge is 2.35. The van der Waals surface area contributed by atoms with Crippen LogP contribution < -0.4 is 10.2 Å². The predicted octanol–water partition coefficient (Wildman–Crippen LogP) is 4.35. The summed E-state index contributed by atoms with van der Waals surface area (Å²) in [6.07, 6.45) is 0.241. The van der Waals surface area contributed by atoms with Crippen molar-refractivity contribution in [1.29, 1.82) is 0 Å². The lowest BCUT2D eigenvalue weighted by atomic mass is 10.1. The van der Waals surface area contributed by atoms with E-state index in [2.05, 4.69) is 43.8 Å². The van der Waals surface area contributed by atoms with Crippen LogP contribution in [0.25, 0.3) is 0 Å². The Morgan fingerprint density at radius 1 is 1.25 bits per heavy atom. The second kappa shape index (κ2) is 7.23. The lowest BCUT2D eigenvalue weighted by molar-refractivity contribution is -0.122. The van der Waals surface area contributed by atoms with Crippen LogP contribution in [0, 0.1) is 16.4 Å². The van der Waals surface area contributed by atoms with Crippen LogP contribution >= 0.6 is 38.5 Å². The lowest BCUT2D eigenvalue weighted by Gasteiger charge is -2.17. The van der Waals surface area contributed by atoms with E-state index in [0.717, 1.165) is 25.0 Å². The summed E-state index contributed by atoms with van der Waals surface area (Å²) in [5.41, 5.74) is 2.64. The molecule has 1 N–H and O–H groups in total. The third kappa shape index (κ3) is 3.80. The summed E-state index contributed by atoms with van der Waals surface area (Å²) in [4.78, 5) is 26.5. The average Bonchev–Trinajstić information content (AvgIpc) is 2.93. The molecule has 6 heteroatoms. The fourth-order valence-corrected chi connectivity index (χ4v) is 3.67. The van der Waals surface area contributed by atoms with Crippen molar-refractivity contribution in [2.75, 3.05) is 16.8 Å². The van der Waals surface area contributed by atoms with Crippen LogP contribution in [0.2, 0.25) is 0 Å². The van der Waals surface area contributed by atoms with Crippen molar-refractivity contribution in [3.05, 3.63) is 56.1 Å². The molecule has 0 radical (unpaired) electrons. The smallest absolute Gasteiger partial charge is 0.229 e. The van der Waals surface area contributed by atoms with E-state index in [1.54, 1.807) is 4.90 Å². The highest BCUT2D eigenvalue weighted by molar-refractivity contribution is 14.1. The van der Waals surface area contributed by atoms with Crippen molar-refractivity contribution < 1.29 is 9.59 Å². The monoisotopic (exact) mass is 498 g/mol. The standard InChI is InChI=1S/C18H16BrIN2O2/c1-11-8-14(20)4-7-16(11)21-18(24)12-9-17(23)22(10-12)15-5-2-13(19)3-6-15/h2-8,12H,9-10H2,1H3,(H,21,24). The first kappa shape index (κ1) is 17.4. The van der Waals surface area contributed by atoms with Gasteiger partial charge in [-0.05, 0) is 77.5 Å². The molecule has 3 rings (SSSR count). The van der Waals surface area contributed by atoms with Gasteiger partial charge in [-0.2, -0.15) is 0 Å². The molecule has 1 atom stereocenters. The normalized spacial score (nSPS) is 17.2. The van der Waals surface area contributed by atoms with Gasteiger partial charge < -0.3 is 10.2 Å². The van der Waals surface area contributed by atoms with E-state index < -0.39 is 0 Å². The number of carbonyl (C=O) groups is 2. The SMILES string of the molecule is Cc1cc(I)ccc1NC(=O)C1CC(=O)N(c2ccc(Br)cc2)C1. The molecule has 1 aliphatic rings. The Hall–Kier alpha value is -1.41. The van der Waals surface area contributed by atoms with E-state index in [1.165, 1.54) is 0 Å². The summed E-state index contributed by atoms with van der Waals surface area (Å²) < 4.78 is 2.09. The van der Waals surface area contributed by atoms with E-state index in [-0.39, 0.29) is 24.2 Å². The van der Waals surface area contributed by atoms with Crippen LogP contribution in [0.4, 0.5) is 11.4 Å². The number of nitrogens with one attached hydrogen (secondary N) is 1. The fourth-order valence-electron chi connectivity index (χ4n) is 2.76. The first-order chi connectivity index (χ1) is 11.4. The maximum atomic E-state index is 12.5. The molecule has 0 aromatic heterocycles. The van der Waals surface area contributed by atoms with Crippen LogP contribution in [0.15, 0.2) is 46.9 Å². The minimum Gasteiger partial charge on any atom is -0.326 e. The molecule has 0 bridgehead atoms. The Morgan fingerprint density at radius 2 is 1.96 bits per heavy atom. The van der Waals surface area contributed by atoms with Gasteiger partial charge in [0.25, 0.3) is 0 Å². The Morgan fingerprint density at radius 3 is 2.62 bits per heavy atom. The maximum Gasteiger partial charge on any atom is 0.229 e. The van der Waals surface area contributed by atoms with Crippen LogP contribution in [0.5, 0.6) is 0 Å². The van der Waals surface area contributed by atoms with E-state index in [4.69, 9.17) is 0 Å². The minimum atomic E-state index is -0.333. The van der Waals surface area contributed by atoms with Crippen LogP contribution in [0.3, 0.4) is 0 Å². The first-order valence-corrected chi connectivity index (χ1v) is 9.44. The second-order valence-electron chi connectivity index (χ2n) is 5.83. The lowest BCUT2D eigenvalue weighted by Crippen LogP contribution is -2.28. The van der Waals surface area contributed by atoms with E-state index in [9.17, 15) is 9.59 Å². The zero-order chi connectivity index (χ0) is 17.3. The number of hydrogen-bond donors (Lipinski definition) is 1. The highest BCUT2D eigenvalue weighted by Crippen LogP contribution is 2.27.